The van der Waals surface area contributed by atoms with E-state index in [1.807, 2.05) is 13.8 Å². The summed E-state index contributed by atoms with van der Waals surface area (Å²) in [6.45, 7) is 10.1. The first kappa shape index (κ1) is 17.7. The van der Waals surface area contributed by atoms with Crippen LogP contribution in [-0.2, 0) is 9.53 Å². The highest BCUT2D eigenvalue weighted by molar-refractivity contribution is 5.73. The van der Waals surface area contributed by atoms with Crippen molar-refractivity contribution < 1.29 is 19.4 Å². The summed E-state index contributed by atoms with van der Waals surface area (Å²) in [5, 5.41) is 14.5. The Morgan fingerprint density at radius 3 is 2.21 bits per heavy atom. The normalized spacial score (nSPS) is 13.2. The summed E-state index contributed by atoms with van der Waals surface area (Å²) in [6.07, 6.45) is 0.196. The van der Waals surface area contributed by atoms with Crippen molar-refractivity contribution in [2.75, 3.05) is 13.1 Å². The van der Waals surface area contributed by atoms with Crippen LogP contribution in [0.4, 0.5) is 4.79 Å². The number of hydrogen-bond donors (Lipinski definition) is 3. The maximum Gasteiger partial charge on any atom is 0.407 e. The largest absolute Gasteiger partial charge is 0.480 e. The molecule has 19 heavy (non-hydrogen) atoms. The van der Waals surface area contributed by atoms with Crippen LogP contribution in [0.2, 0.25) is 0 Å². The van der Waals surface area contributed by atoms with Gasteiger partial charge in [0.1, 0.15) is 11.6 Å². The number of amides is 1. The zero-order chi connectivity index (χ0) is 15.1. The molecule has 0 bridgehead atoms. The third kappa shape index (κ3) is 9.30. The average Bonchev–Trinajstić information content (AvgIpc) is 2.19. The maximum atomic E-state index is 11.3. The van der Waals surface area contributed by atoms with E-state index in [1.165, 1.54) is 0 Å². The molecule has 3 N–H and O–H groups in total. The van der Waals surface area contributed by atoms with Gasteiger partial charge in [-0.25, -0.2) is 4.79 Å². The minimum absolute atomic E-state index is 0.0244. The van der Waals surface area contributed by atoms with Gasteiger partial charge in [-0.15, -0.1) is 0 Å². The standard InChI is InChI=1S/C13H26N2O4/c1-9(2)10(11(16)17)14-7-6-8-15-12(18)19-13(3,4)5/h9-10,14H,6-8H2,1-5H3,(H,15,18)(H,16,17)/t10-/m0/s1. The van der Waals surface area contributed by atoms with Gasteiger partial charge < -0.3 is 20.5 Å². The van der Waals surface area contributed by atoms with Crippen molar-refractivity contribution in [1.29, 1.82) is 0 Å². The minimum Gasteiger partial charge on any atom is -0.480 e. The molecule has 0 aliphatic heterocycles. The van der Waals surface area contributed by atoms with E-state index in [1.54, 1.807) is 20.8 Å². The SMILES string of the molecule is CC(C)[C@H](NCCCNC(=O)OC(C)(C)C)C(=O)O. The lowest BCUT2D eigenvalue weighted by Crippen LogP contribution is -2.42. The average molecular weight is 274 g/mol. The Kier molecular flexibility index (Phi) is 7.44. The molecule has 0 aromatic carbocycles. The van der Waals surface area contributed by atoms with Crippen LogP contribution in [0.25, 0.3) is 0 Å². The lowest BCUT2D eigenvalue weighted by atomic mass is 10.0. The van der Waals surface area contributed by atoms with Crippen molar-refractivity contribution in [3.63, 3.8) is 0 Å². The van der Waals surface area contributed by atoms with Crippen molar-refractivity contribution in [2.45, 2.75) is 52.7 Å². The second-order valence-corrected chi connectivity index (χ2v) is 5.80. The van der Waals surface area contributed by atoms with Gasteiger partial charge >= 0.3 is 12.1 Å². The number of aliphatic carboxylic acids is 1. The number of hydrogen-bond acceptors (Lipinski definition) is 4. The molecule has 0 saturated carbocycles. The van der Waals surface area contributed by atoms with Crippen LogP contribution in [0.5, 0.6) is 0 Å². The van der Waals surface area contributed by atoms with Crippen molar-refractivity contribution in [3.8, 4) is 0 Å². The number of nitrogens with one attached hydrogen (secondary N) is 2. The van der Waals surface area contributed by atoms with E-state index in [0.717, 1.165) is 0 Å². The molecule has 1 atom stereocenters. The number of carbonyl (C=O) groups is 2. The highest BCUT2D eigenvalue weighted by Crippen LogP contribution is 2.06. The van der Waals surface area contributed by atoms with Gasteiger partial charge in [0.25, 0.3) is 0 Å². The zero-order valence-electron chi connectivity index (χ0n) is 12.4. The fraction of sp³-hybridized carbons (Fsp3) is 0.846. The lowest BCUT2D eigenvalue weighted by Gasteiger charge is -2.20. The summed E-state index contributed by atoms with van der Waals surface area (Å²) in [5.74, 6) is -0.827. The third-order valence-corrected chi connectivity index (χ3v) is 2.32. The highest BCUT2D eigenvalue weighted by Gasteiger charge is 2.20. The summed E-state index contributed by atoms with van der Waals surface area (Å²) in [6, 6.07) is -0.554. The molecule has 0 aromatic heterocycles. The molecule has 0 unspecified atom stereocenters. The van der Waals surface area contributed by atoms with Crippen LogP contribution >= 0.6 is 0 Å². The van der Waals surface area contributed by atoms with Gasteiger partial charge in [-0.05, 0) is 39.7 Å². The van der Waals surface area contributed by atoms with E-state index in [4.69, 9.17) is 9.84 Å². The molecule has 0 heterocycles. The first-order valence-electron chi connectivity index (χ1n) is 6.56. The molecule has 0 aromatic rings. The Balaban J connectivity index is 3.76. The molecule has 0 aliphatic rings. The van der Waals surface area contributed by atoms with E-state index in [-0.39, 0.29) is 5.92 Å². The molecular weight excluding hydrogens is 248 g/mol. The van der Waals surface area contributed by atoms with Gasteiger partial charge in [-0.2, -0.15) is 0 Å². The number of carboxylic acids is 1. The molecule has 0 radical (unpaired) electrons. The number of rotatable bonds is 7. The van der Waals surface area contributed by atoms with E-state index < -0.39 is 23.7 Å². The lowest BCUT2D eigenvalue weighted by molar-refractivity contribution is -0.140. The predicted octanol–water partition coefficient (Wildman–Crippen LogP) is 1.60. The Bertz CT molecular complexity index is 298. The van der Waals surface area contributed by atoms with Gasteiger partial charge in [0.05, 0.1) is 0 Å². The summed E-state index contributed by atoms with van der Waals surface area (Å²) < 4.78 is 5.08. The quantitative estimate of drug-likeness (QED) is 0.614. The van der Waals surface area contributed by atoms with Crippen LogP contribution < -0.4 is 10.6 Å². The summed E-state index contributed by atoms with van der Waals surface area (Å²) in [7, 11) is 0. The van der Waals surface area contributed by atoms with Gasteiger partial charge in [-0.1, -0.05) is 13.8 Å². The van der Waals surface area contributed by atoms with Crippen LogP contribution in [-0.4, -0.2) is 41.9 Å². The van der Waals surface area contributed by atoms with Crippen molar-refractivity contribution in [3.05, 3.63) is 0 Å². The number of carbonyl (C=O) groups excluding carboxylic acids is 1. The smallest absolute Gasteiger partial charge is 0.407 e. The van der Waals surface area contributed by atoms with Gasteiger partial charge in [-0.3, -0.25) is 4.79 Å². The van der Waals surface area contributed by atoms with E-state index in [2.05, 4.69) is 10.6 Å². The highest BCUT2D eigenvalue weighted by atomic mass is 16.6. The molecule has 0 fully saturated rings. The Morgan fingerprint density at radius 2 is 1.79 bits per heavy atom. The Labute approximate surface area is 114 Å². The summed E-state index contributed by atoms with van der Waals surface area (Å²) >= 11 is 0. The van der Waals surface area contributed by atoms with Crippen molar-refractivity contribution in [1.82, 2.24) is 10.6 Å². The number of alkyl carbamates (subject to hydrolysis) is 1. The Morgan fingerprint density at radius 1 is 1.21 bits per heavy atom. The zero-order valence-corrected chi connectivity index (χ0v) is 12.4. The Hall–Kier alpha value is -1.30. The monoisotopic (exact) mass is 274 g/mol. The predicted molar refractivity (Wildman–Crippen MR) is 73.1 cm³/mol. The summed E-state index contributed by atoms with van der Waals surface area (Å²) in [5.41, 5.74) is -0.506. The van der Waals surface area contributed by atoms with Gasteiger partial charge in [0, 0.05) is 6.54 Å². The van der Waals surface area contributed by atoms with E-state index in [0.29, 0.717) is 19.5 Å². The molecule has 112 valence electrons. The second-order valence-electron chi connectivity index (χ2n) is 5.80. The first-order chi connectivity index (χ1) is 8.63. The first-order valence-corrected chi connectivity index (χ1v) is 6.56. The maximum absolute atomic E-state index is 11.3. The molecule has 1 amide bonds. The van der Waals surface area contributed by atoms with Crippen molar-refractivity contribution in [2.24, 2.45) is 5.92 Å². The van der Waals surface area contributed by atoms with E-state index in [9.17, 15) is 9.59 Å². The molecule has 0 aliphatic carbocycles. The molecule has 6 heteroatoms. The van der Waals surface area contributed by atoms with Crippen LogP contribution in [0, 0.1) is 5.92 Å². The van der Waals surface area contributed by atoms with Gasteiger partial charge in [0.2, 0.25) is 0 Å². The van der Waals surface area contributed by atoms with Crippen LogP contribution in [0.3, 0.4) is 0 Å². The minimum atomic E-state index is -0.852. The fourth-order valence-electron chi connectivity index (χ4n) is 1.46. The third-order valence-electron chi connectivity index (χ3n) is 2.32. The second kappa shape index (κ2) is 7.99. The van der Waals surface area contributed by atoms with Gasteiger partial charge in [0.15, 0.2) is 0 Å². The number of ether oxygens (including phenoxy) is 1. The van der Waals surface area contributed by atoms with Crippen LogP contribution in [0.1, 0.15) is 41.0 Å². The van der Waals surface area contributed by atoms with Crippen molar-refractivity contribution >= 4 is 12.1 Å². The summed E-state index contributed by atoms with van der Waals surface area (Å²) in [4.78, 5) is 22.2. The van der Waals surface area contributed by atoms with E-state index >= 15 is 0 Å². The molecular formula is C13H26N2O4. The molecule has 0 rings (SSSR count). The molecule has 0 saturated heterocycles. The molecule has 0 spiro atoms. The van der Waals surface area contributed by atoms with Crippen LogP contribution in [0.15, 0.2) is 0 Å². The topological polar surface area (TPSA) is 87.7 Å². The molecule has 6 nitrogen and oxygen atoms in total. The fourth-order valence-corrected chi connectivity index (χ4v) is 1.46. The number of carboxylic acid groups (broad SMARTS) is 1.